The molecule has 2 aromatic heterocycles. The average molecular weight is 456 g/mol. The van der Waals surface area contributed by atoms with E-state index in [0.717, 1.165) is 22.6 Å². The van der Waals surface area contributed by atoms with Crippen LogP contribution in [0.25, 0.3) is 58.8 Å². The second-order valence-corrected chi connectivity index (χ2v) is 9.80. The lowest BCUT2D eigenvalue weighted by atomic mass is 10.0. The van der Waals surface area contributed by atoms with Crippen molar-refractivity contribution in [3.63, 3.8) is 0 Å². The lowest BCUT2D eigenvalue weighted by Gasteiger charge is -2.14. The highest BCUT2D eigenvalue weighted by Gasteiger charge is 2.16. The van der Waals surface area contributed by atoms with Crippen LogP contribution in [0.15, 0.2) is 103 Å². The molecule has 34 heavy (non-hydrogen) atoms. The minimum Gasteiger partial charge on any atom is -0.399 e. The summed E-state index contributed by atoms with van der Waals surface area (Å²) in [4.78, 5) is 0. The number of rotatable bonds is 2. The molecule has 4 heteroatoms. The molecule has 0 atom stereocenters. The molecule has 7 aromatic rings. The molecule has 0 aliphatic carbocycles. The van der Waals surface area contributed by atoms with E-state index in [1.165, 1.54) is 47.6 Å². The van der Waals surface area contributed by atoms with Gasteiger partial charge in [-0.1, -0.05) is 60.7 Å². The second-order valence-electron chi connectivity index (χ2n) is 8.71. The third-order valence-corrected chi connectivity index (χ3v) is 7.77. The molecule has 3 nitrogen and oxygen atoms in total. The van der Waals surface area contributed by atoms with Crippen molar-refractivity contribution in [2.45, 2.75) is 0 Å². The number of nitrogens with two attached hydrogens (primary N) is 2. The van der Waals surface area contributed by atoms with Gasteiger partial charge >= 0.3 is 0 Å². The molecule has 0 aliphatic heterocycles. The number of benzene rings is 5. The lowest BCUT2D eigenvalue weighted by molar-refractivity contribution is 1.18. The third-order valence-electron chi connectivity index (χ3n) is 6.65. The van der Waals surface area contributed by atoms with E-state index >= 15 is 0 Å². The Morgan fingerprint density at radius 3 is 2.06 bits per heavy atom. The Bertz CT molecular complexity index is 1890. The summed E-state index contributed by atoms with van der Waals surface area (Å²) in [6, 6.07) is 36.3. The number of para-hydroxylation sites is 2. The SMILES string of the molecule is Nc1ccc2c(c1)sc1cc(-c3ccccc3-n3c4ccccc4c4ccc(N)cc43)ccc12. The van der Waals surface area contributed by atoms with Crippen LogP contribution in [-0.2, 0) is 0 Å². The van der Waals surface area contributed by atoms with E-state index in [4.69, 9.17) is 11.5 Å². The van der Waals surface area contributed by atoms with Gasteiger partial charge in [-0.3, -0.25) is 0 Å². The molecule has 0 bridgehead atoms. The highest BCUT2D eigenvalue weighted by atomic mass is 32.1. The van der Waals surface area contributed by atoms with E-state index in [9.17, 15) is 0 Å². The number of fused-ring (bicyclic) bond motifs is 6. The molecule has 7 rings (SSSR count). The predicted octanol–water partition coefficient (Wildman–Crippen LogP) is 7.98. The maximum absolute atomic E-state index is 6.23. The van der Waals surface area contributed by atoms with Gasteiger partial charge in [0.2, 0.25) is 0 Å². The molecular formula is C30H21N3S. The van der Waals surface area contributed by atoms with Crippen LogP contribution in [0.3, 0.4) is 0 Å². The first-order valence-electron chi connectivity index (χ1n) is 11.3. The van der Waals surface area contributed by atoms with Crippen molar-refractivity contribution in [1.82, 2.24) is 4.57 Å². The third kappa shape index (κ3) is 2.76. The van der Waals surface area contributed by atoms with Crippen molar-refractivity contribution in [1.29, 1.82) is 0 Å². The molecule has 0 aliphatic rings. The molecular weight excluding hydrogens is 434 g/mol. The van der Waals surface area contributed by atoms with Gasteiger partial charge in [-0.2, -0.15) is 0 Å². The van der Waals surface area contributed by atoms with Gasteiger partial charge in [-0.05, 0) is 48.0 Å². The zero-order valence-electron chi connectivity index (χ0n) is 18.3. The number of hydrogen-bond acceptors (Lipinski definition) is 3. The van der Waals surface area contributed by atoms with Crippen LogP contribution in [0.1, 0.15) is 0 Å². The predicted molar refractivity (Wildman–Crippen MR) is 148 cm³/mol. The van der Waals surface area contributed by atoms with E-state index in [1.807, 2.05) is 12.1 Å². The number of aromatic nitrogens is 1. The quantitative estimate of drug-likeness (QED) is 0.260. The normalized spacial score (nSPS) is 11.8. The van der Waals surface area contributed by atoms with E-state index in [0.29, 0.717) is 0 Å². The summed E-state index contributed by atoms with van der Waals surface area (Å²) in [6.07, 6.45) is 0. The number of anilines is 2. The zero-order chi connectivity index (χ0) is 22.8. The zero-order valence-corrected chi connectivity index (χ0v) is 19.1. The molecule has 0 spiro atoms. The van der Waals surface area contributed by atoms with Crippen LogP contribution in [0.5, 0.6) is 0 Å². The van der Waals surface area contributed by atoms with Crippen LogP contribution in [-0.4, -0.2) is 4.57 Å². The summed E-state index contributed by atoms with van der Waals surface area (Å²) in [6.45, 7) is 0. The van der Waals surface area contributed by atoms with Gasteiger partial charge < -0.3 is 16.0 Å². The number of nitrogens with zero attached hydrogens (tertiary/aromatic N) is 1. The minimum atomic E-state index is 0.764. The fraction of sp³-hybridized carbons (Fsp3) is 0. The summed E-state index contributed by atoms with van der Waals surface area (Å²) in [5, 5.41) is 4.96. The van der Waals surface area contributed by atoms with E-state index < -0.39 is 0 Å². The van der Waals surface area contributed by atoms with Gasteiger partial charge in [0, 0.05) is 47.9 Å². The Morgan fingerprint density at radius 2 is 1.18 bits per heavy atom. The number of nitrogen functional groups attached to an aromatic ring is 2. The average Bonchev–Trinajstić information content (AvgIpc) is 3.37. The number of hydrogen-bond donors (Lipinski definition) is 2. The van der Waals surface area contributed by atoms with Gasteiger partial charge in [0.25, 0.3) is 0 Å². The summed E-state index contributed by atoms with van der Waals surface area (Å²) >= 11 is 1.79. The van der Waals surface area contributed by atoms with E-state index in [-0.39, 0.29) is 0 Å². The van der Waals surface area contributed by atoms with Crippen LogP contribution in [0, 0.1) is 0 Å². The maximum Gasteiger partial charge on any atom is 0.0561 e. The standard InChI is InChI=1S/C30H21N3S/c31-19-10-13-23-22-6-2-4-8-27(22)33(28(23)16-19)26-7-3-1-5-21(26)18-9-12-24-25-14-11-20(32)17-30(25)34-29(24)15-18/h1-17H,31-32H2. The van der Waals surface area contributed by atoms with Gasteiger partial charge in [0.05, 0.1) is 16.7 Å². The molecule has 0 radical (unpaired) electrons. The summed E-state index contributed by atoms with van der Waals surface area (Å²) in [7, 11) is 0. The molecule has 0 unspecified atom stereocenters. The Morgan fingerprint density at radius 1 is 0.529 bits per heavy atom. The number of thiophene rings is 1. The molecule has 0 saturated carbocycles. The fourth-order valence-corrected chi connectivity index (χ4v) is 6.31. The maximum atomic E-state index is 6.23. The highest BCUT2D eigenvalue weighted by Crippen LogP contribution is 2.40. The van der Waals surface area contributed by atoms with Crippen molar-refractivity contribution in [3.8, 4) is 16.8 Å². The van der Waals surface area contributed by atoms with Crippen molar-refractivity contribution in [3.05, 3.63) is 103 Å². The van der Waals surface area contributed by atoms with Crippen LogP contribution < -0.4 is 11.5 Å². The van der Waals surface area contributed by atoms with Crippen molar-refractivity contribution >= 4 is 64.7 Å². The first-order valence-corrected chi connectivity index (χ1v) is 12.1. The Labute approximate surface area is 200 Å². The Kier molecular flexibility index (Phi) is 4.02. The van der Waals surface area contributed by atoms with Crippen LogP contribution >= 0.6 is 11.3 Å². The van der Waals surface area contributed by atoms with Crippen LogP contribution in [0.4, 0.5) is 11.4 Å². The second kappa shape index (κ2) is 7.11. The largest absolute Gasteiger partial charge is 0.399 e. The lowest BCUT2D eigenvalue weighted by Crippen LogP contribution is -1.97. The van der Waals surface area contributed by atoms with Gasteiger partial charge in [0.1, 0.15) is 0 Å². The van der Waals surface area contributed by atoms with E-state index in [1.54, 1.807) is 11.3 Å². The highest BCUT2D eigenvalue weighted by molar-refractivity contribution is 7.25. The topological polar surface area (TPSA) is 57.0 Å². The fourth-order valence-electron chi connectivity index (χ4n) is 5.12. The summed E-state index contributed by atoms with van der Waals surface area (Å²) in [5.41, 5.74) is 19.6. The van der Waals surface area contributed by atoms with E-state index in [2.05, 4.69) is 95.6 Å². The van der Waals surface area contributed by atoms with Gasteiger partial charge in [0.15, 0.2) is 0 Å². The smallest absolute Gasteiger partial charge is 0.0561 e. The summed E-state index contributed by atoms with van der Waals surface area (Å²) in [5.74, 6) is 0. The Balaban J connectivity index is 1.52. The molecule has 2 heterocycles. The van der Waals surface area contributed by atoms with Crippen LogP contribution in [0.2, 0.25) is 0 Å². The molecule has 4 N–H and O–H groups in total. The summed E-state index contributed by atoms with van der Waals surface area (Å²) < 4.78 is 4.82. The van der Waals surface area contributed by atoms with Crippen molar-refractivity contribution < 1.29 is 0 Å². The molecule has 162 valence electrons. The monoisotopic (exact) mass is 455 g/mol. The van der Waals surface area contributed by atoms with Gasteiger partial charge in [-0.15, -0.1) is 11.3 Å². The minimum absolute atomic E-state index is 0.764. The molecule has 0 saturated heterocycles. The first-order chi connectivity index (χ1) is 16.7. The molecule has 5 aromatic carbocycles. The molecule has 0 amide bonds. The molecule has 0 fully saturated rings. The van der Waals surface area contributed by atoms with Crippen molar-refractivity contribution in [2.24, 2.45) is 0 Å². The van der Waals surface area contributed by atoms with Crippen molar-refractivity contribution in [2.75, 3.05) is 11.5 Å². The first kappa shape index (κ1) is 19.2. The Hall–Kier alpha value is -4.28. The van der Waals surface area contributed by atoms with Gasteiger partial charge in [-0.25, -0.2) is 0 Å².